The SMILES string of the molecule is CN1N=C(Cc2ccc(C(F)(F)F)cc2)CC(C(=O)NC2(c3ccc(C(=O)O)cc3)CC2)=C1C(F)(F)F. The molecule has 0 unspecified atom stereocenters. The van der Waals surface area contributed by atoms with Crippen LogP contribution in [-0.2, 0) is 22.9 Å². The van der Waals surface area contributed by atoms with Crippen molar-refractivity contribution in [1.82, 2.24) is 10.3 Å². The van der Waals surface area contributed by atoms with Gasteiger partial charge in [0.2, 0.25) is 5.91 Å². The molecule has 0 aromatic heterocycles. The standard InChI is InChI=1S/C25H21F6N3O3/c1-34-20(25(29,30)31)19(13-18(33-34)12-14-2-6-17(7-3-14)24(26,27)28)21(35)32-23(10-11-23)16-8-4-15(5-9-16)22(36)37/h2-9H,10-13H2,1H3,(H,32,35)(H,36,37). The van der Waals surface area contributed by atoms with Gasteiger partial charge >= 0.3 is 18.3 Å². The summed E-state index contributed by atoms with van der Waals surface area (Å²) in [6.07, 6.45) is -8.98. The number of carbonyl (C=O) groups is 2. The molecule has 1 amide bonds. The van der Waals surface area contributed by atoms with E-state index >= 15 is 0 Å². The number of allylic oxidation sites excluding steroid dienone is 1. The number of carboxylic acid groups (broad SMARTS) is 1. The van der Waals surface area contributed by atoms with Crippen LogP contribution < -0.4 is 5.32 Å². The summed E-state index contributed by atoms with van der Waals surface area (Å²) in [5.74, 6) is -2.08. The number of carboxylic acids is 1. The number of hydrogen-bond donors (Lipinski definition) is 2. The molecule has 4 rings (SSSR count). The van der Waals surface area contributed by atoms with Crippen LogP contribution in [0.3, 0.4) is 0 Å². The minimum Gasteiger partial charge on any atom is -0.478 e. The first kappa shape index (κ1) is 26.2. The number of halogens is 6. The van der Waals surface area contributed by atoms with E-state index in [1.807, 2.05) is 0 Å². The first-order chi connectivity index (χ1) is 17.2. The summed E-state index contributed by atoms with van der Waals surface area (Å²) in [5, 5.41) is 16.3. The second kappa shape index (κ2) is 9.24. The molecule has 37 heavy (non-hydrogen) atoms. The molecule has 12 heteroatoms. The topological polar surface area (TPSA) is 82.0 Å². The second-order valence-electron chi connectivity index (χ2n) is 8.98. The molecule has 0 radical (unpaired) electrons. The fourth-order valence-electron chi connectivity index (χ4n) is 4.30. The molecule has 0 spiro atoms. The molecule has 6 nitrogen and oxygen atoms in total. The average Bonchev–Trinajstić information content (AvgIpc) is 3.58. The van der Waals surface area contributed by atoms with E-state index in [2.05, 4.69) is 10.4 Å². The van der Waals surface area contributed by atoms with Gasteiger partial charge in [0.05, 0.1) is 22.2 Å². The van der Waals surface area contributed by atoms with E-state index in [4.69, 9.17) is 5.11 Å². The van der Waals surface area contributed by atoms with Crippen molar-refractivity contribution in [2.75, 3.05) is 7.05 Å². The van der Waals surface area contributed by atoms with Crippen LogP contribution in [-0.4, -0.2) is 40.9 Å². The van der Waals surface area contributed by atoms with Crippen molar-refractivity contribution >= 4 is 17.6 Å². The van der Waals surface area contributed by atoms with Crippen LogP contribution >= 0.6 is 0 Å². The largest absolute Gasteiger partial charge is 0.478 e. The molecule has 0 atom stereocenters. The van der Waals surface area contributed by atoms with E-state index in [9.17, 15) is 35.9 Å². The first-order valence-electron chi connectivity index (χ1n) is 11.1. The Morgan fingerprint density at radius 3 is 2.05 bits per heavy atom. The molecule has 2 aromatic carbocycles. The summed E-state index contributed by atoms with van der Waals surface area (Å²) in [7, 11) is 1.06. The van der Waals surface area contributed by atoms with Gasteiger partial charge in [0, 0.05) is 25.6 Å². The highest BCUT2D eigenvalue weighted by atomic mass is 19.4. The van der Waals surface area contributed by atoms with Crippen LogP contribution in [0.15, 0.2) is 64.9 Å². The number of carbonyl (C=O) groups excluding carboxylic acids is 1. The van der Waals surface area contributed by atoms with Crippen LogP contribution in [0.4, 0.5) is 26.3 Å². The summed E-state index contributed by atoms with van der Waals surface area (Å²) >= 11 is 0. The Bertz CT molecular complexity index is 1270. The van der Waals surface area contributed by atoms with Crippen molar-refractivity contribution in [2.45, 2.75) is 43.6 Å². The van der Waals surface area contributed by atoms with E-state index in [0.29, 0.717) is 29.0 Å². The number of rotatable bonds is 6. The highest BCUT2D eigenvalue weighted by molar-refractivity contribution is 6.03. The van der Waals surface area contributed by atoms with Gasteiger partial charge in [0.25, 0.3) is 0 Å². The zero-order valence-electron chi connectivity index (χ0n) is 19.4. The van der Waals surface area contributed by atoms with E-state index < -0.39 is 53.0 Å². The van der Waals surface area contributed by atoms with E-state index in [-0.39, 0.29) is 17.7 Å². The van der Waals surface area contributed by atoms with Gasteiger partial charge in [0.1, 0.15) is 5.70 Å². The zero-order chi connectivity index (χ0) is 27.2. The molecular formula is C25H21F6N3O3. The van der Waals surface area contributed by atoms with Gasteiger partial charge < -0.3 is 10.4 Å². The van der Waals surface area contributed by atoms with Crippen molar-refractivity contribution in [3.8, 4) is 0 Å². The van der Waals surface area contributed by atoms with E-state index in [1.165, 1.54) is 36.4 Å². The van der Waals surface area contributed by atoms with Crippen molar-refractivity contribution < 1.29 is 41.0 Å². The van der Waals surface area contributed by atoms with Gasteiger partial charge in [-0.3, -0.25) is 9.80 Å². The third kappa shape index (κ3) is 5.62. The monoisotopic (exact) mass is 525 g/mol. The first-order valence-corrected chi connectivity index (χ1v) is 11.1. The number of benzene rings is 2. The predicted octanol–water partition coefficient (Wildman–Crippen LogP) is 5.26. The van der Waals surface area contributed by atoms with Gasteiger partial charge in [-0.2, -0.15) is 31.4 Å². The molecule has 1 saturated carbocycles. The number of nitrogens with zero attached hydrogens (tertiary/aromatic N) is 2. The minimum atomic E-state index is -4.88. The summed E-state index contributed by atoms with van der Waals surface area (Å²) in [4.78, 5) is 24.3. The molecule has 2 aliphatic rings. The molecule has 0 bridgehead atoms. The molecule has 0 saturated heterocycles. The summed E-state index contributed by atoms with van der Waals surface area (Å²) < 4.78 is 80.2. The van der Waals surface area contributed by atoms with Crippen molar-refractivity contribution in [3.05, 3.63) is 82.1 Å². The number of alkyl halides is 6. The molecule has 2 aromatic rings. The van der Waals surface area contributed by atoms with Gasteiger partial charge in [-0.05, 0) is 48.2 Å². The van der Waals surface area contributed by atoms with E-state index in [1.54, 1.807) is 0 Å². The lowest BCUT2D eigenvalue weighted by atomic mass is 9.96. The Morgan fingerprint density at radius 1 is 0.973 bits per heavy atom. The molecule has 1 aliphatic heterocycles. The van der Waals surface area contributed by atoms with Crippen LogP contribution in [0.2, 0.25) is 0 Å². The number of aromatic carboxylic acids is 1. The maximum absolute atomic E-state index is 13.9. The smallest absolute Gasteiger partial charge is 0.433 e. The Hall–Kier alpha value is -3.83. The Kier molecular flexibility index (Phi) is 6.55. The van der Waals surface area contributed by atoms with Crippen LogP contribution in [0.1, 0.15) is 46.3 Å². The number of hydrazone groups is 1. The number of nitrogens with one attached hydrogen (secondary N) is 1. The molecule has 1 aliphatic carbocycles. The molecule has 1 heterocycles. The second-order valence-corrected chi connectivity index (χ2v) is 8.98. The Balaban J connectivity index is 1.57. The fraction of sp³-hybridized carbons (Fsp3) is 0.320. The lowest BCUT2D eigenvalue weighted by Crippen LogP contribution is -2.41. The normalized spacial score (nSPS) is 17.4. The number of amides is 1. The van der Waals surface area contributed by atoms with Gasteiger partial charge in [-0.25, -0.2) is 4.79 Å². The third-order valence-electron chi connectivity index (χ3n) is 6.30. The molecular weight excluding hydrogens is 504 g/mol. The highest BCUT2D eigenvalue weighted by Gasteiger charge is 2.48. The maximum atomic E-state index is 13.9. The van der Waals surface area contributed by atoms with Crippen LogP contribution in [0.25, 0.3) is 0 Å². The van der Waals surface area contributed by atoms with Crippen molar-refractivity contribution in [3.63, 3.8) is 0 Å². The van der Waals surface area contributed by atoms with E-state index in [0.717, 1.165) is 19.2 Å². The molecule has 196 valence electrons. The average molecular weight is 525 g/mol. The quantitative estimate of drug-likeness (QED) is 0.505. The van der Waals surface area contributed by atoms with Gasteiger partial charge in [-0.15, -0.1) is 0 Å². The molecule has 2 N–H and O–H groups in total. The van der Waals surface area contributed by atoms with Crippen LogP contribution in [0, 0.1) is 0 Å². The highest BCUT2D eigenvalue weighted by Crippen LogP contribution is 2.46. The Morgan fingerprint density at radius 2 is 1.57 bits per heavy atom. The minimum absolute atomic E-state index is 0.0333. The molecule has 1 fully saturated rings. The van der Waals surface area contributed by atoms with Crippen molar-refractivity contribution in [1.29, 1.82) is 0 Å². The zero-order valence-corrected chi connectivity index (χ0v) is 19.4. The lowest BCUT2D eigenvalue weighted by molar-refractivity contribution is -0.137. The van der Waals surface area contributed by atoms with Crippen LogP contribution in [0.5, 0.6) is 0 Å². The fourth-order valence-corrected chi connectivity index (χ4v) is 4.30. The third-order valence-corrected chi connectivity index (χ3v) is 6.30. The van der Waals surface area contributed by atoms with Gasteiger partial charge in [-0.1, -0.05) is 24.3 Å². The maximum Gasteiger partial charge on any atom is 0.433 e. The summed E-state index contributed by atoms with van der Waals surface area (Å²) in [6.45, 7) is 0. The number of hydrogen-bond acceptors (Lipinski definition) is 4. The summed E-state index contributed by atoms with van der Waals surface area (Å²) in [6, 6.07) is 9.92. The summed E-state index contributed by atoms with van der Waals surface area (Å²) in [5.41, 5.74) is -2.38. The van der Waals surface area contributed by atoms with Crippen molar-refractivity contribution in [2.24, 2.45) is 5.10 Å². The van der Waals surface area contributed by atoms with Gasteiger partial charge in [0.15, 0.2) is 0 Å². The predicted molar refractivity (Wildman–Crippen MR) is 121 cm³/mol. The Labute approximate surface area is 207 Å². The lowest BCUT2D eigenvalue weighted by Gasteiger charge is -2.30.